The van der Waals surface area contributed by atoms with Crippen molar-refractivity contribution < 1.29 is 18.7 Å². The molecule has 0 aliphatic heterocycles. The third kappa shape index (κ3) is 4.77. The minimum atomic E-state index is -0.549. The molecule has 28 heavy (non-hydrogen) atoms. The lowest BCUT2D eigenvalue weighted by Gasteiger charge is -2.06. The van der Waals surface area contributed by atoms with Gasteiger partial charge in [-0.05, 0) is 30.7 Å². The fourth-order valence-electron chi connectivity index (χ4n) is 2.53. The van der Waals surface area contributed by atoms with Gasteiger partial charge in [0.05, 0.1) is 19.3 Å². The molecule has 9 heteroatoms. The molecule has 0 unspecified atom stereocenters. The van der Waals surface area contributed by atoms with Crippen LogP contribution < -0.4 is 4.74 Å². The van der Waals surface area contributed by atoms with Crippen molar-refractivity contribution >= 4 is 23.6 Å². The number of rotatable bonds is 7. The van der Waals surface area contributed by atoms with Gasteiger partial charge in [-0.2, -0.15) is 5.10 Å². The molecular formula is C19H19ClN4O4. The van der Waals surface area contributed by atoms with Gasteiger partial charge in [-0.3, -0.25) is 0 Å². The van der Waals surface area contributed by atoms with Gasteiger partial charge in [0.1, 0.15) is 10.9 Å². The summed E-state index contributed by atoms with van der Waals surface area (Å²) in [4.78, 5) is 11.9. The number of benzene rings is 1. The zero-order valence-corrected chi connectivity index (χ0v) is 16.4. The SMILES string of the molecule is COc1cccc(Cn2nc(C)c(/C=C/C(=O)OCc3nnc(C)o3)c2Cl)c1. The maximum atomic E-state index is 11.9. The Morgan fingerprint density at radius 2 is 2.14 bits per heavy atom. The summed E-state index contributed by atoms with van der Waals surface area (Å²) in [5.41, 5.74) is 2.34. The number of esters is 1. The first-order valence-corrected chi connectivity index (χ1v) is 8.83. The monoisotopic (exact) mass is 402 g/mol. The molecule has 0 saturated carbocycles. The van der Waals surface area contributed by atoms with E-state index < -0.39 is 5.97 Å². The highest BCUT2D eigenvalue weighted by atomic mass is 35.5. The molecule has 0 radical (unpaired) electrons. The zero-order valence-electron chi connectivity index (χ0n) is 15.7. The van der Waals surface area contributed by atoms with Gasteiger partial charge in [0.2, 0.25) is 5.89 Å². The van der Waals surface area contributed by atoms with Gasteiger partial charge in [-0.15, -0.1) is 10.2 Å². The van der Waals surface area contributed by atoms with E-state index in [0.717, 1.165) is 11.3 Å². The molecule has 2 heterocycles. The van der Waals surface area contributed by atoms with Crippen molar-refractivity contribution in [2.24, 2.45) is 0 Å². The Labute approximate surface area is 166 Å². The molecule has 8 nitrogen and oxygen atoms in total. The molecule has 0 atom stereocenters. The lowest BCUT2D eigenvalue weighted by atomic mass is 10.2. The number of carbonyl (C=O) groups is 1. The number of nitrogens with zero attached hydrogens (tertiary/aromatic N) is 4. The summed E-state index contributed by atoms with van der Waals surface area (Å²) in [5, 5.41) is 12.3. The summed E-state index contributed by atoms with van der Waals surface area (Å²) in [6, 6.07) is 7.65. The third-order valence-corrected chi connectivity index (χ3v) is 4.27. The molecule has 0 N–H and O–H groups in total. The highest BCUT2D eigenvalue weighted by Gasteiger charge is 2.13. The van der Waals surface area contributed by atoms with Gasteiger partial charge in [-0.1, -0.05) is 23.7 Å². The van der Waals surface area contributed by atoms with E-state index in [-0.39, 0.29) is 12.5 Å². The van der Waals surface area contributed by atoms with Crippen molar-refractivity contribution in [1.29, 1.82) is 0 Å². The van der Waals surface area contributed by atoms with Gasteiger partial charge in [0, 0.05) is 18.6 Å². The van der Waals surface area contributed by atoms with Crippen LogP contribution >= 0.6 is 11.6 Å². The molecular weight excluding hydrogens is 384 g/mol. The third-order valence-electron chi connectivity index (χ3n) is 3.87. The Hall–Kier alpha value is -3.13. The molecule has 146 valence electrons. The van der Waals surface area contributed by atoms with Crippen LogP contribution in [0.25, 0.3) is 6.08 Å². The van der Waals surface area contributed by atoms with Crippen LogP contribution in [0.5, 0.6) is 5.75 Å². The molecule has 3 rings (SSSR count). The number of aromatic nitrogens is 4. The predicted molar refractivity (Wildman–Crippen MR) is 102 cm³/mol. The number of ether oxygens (including phenoxy) is 2. The Morgan fingerprint density at radius 3 is 2.86 bits per heavy atom. The highest BCUT2D eigenvalue weighted by Crippen LogP contribution is 2.23. The topological polar surface area (TPSA) is 92.3 Å². The standard InChI is InChI=1S/C19H19ClN4O4/c1-12-16(7-8-18(25)27-11-17-22-21-13(2)28-17)19(20)24(23-12)10-14-5-4-6-15(9-14)26-3/h4-9H,10-11H2,1-3H3/b8-7+. The lowest BCUT2D eigenvalue weighted by molar-refractivity contribution is -0.139. The first kappa shape index (κ1) is 19.6. The van der Waals surface area contributed by atoms with Gasteiger partial charge >= 0.3 is 5.97 Å². The van der Waals surface area contributed by atoms with Crippen LogP contribution in [0.2, 0.25) is 5.15 Å². The number of carbonyl (C=O) groups excluding carboxylic acids is 1. The second-order valence-electron chi connectivity index (χ2n) is 5.95. The number of methoxy groups -OCH3 is 1. The van der Waals surface area contributed by atoms with Gasteiger partial charge in [0.25, 0.3) is 5.89 Å². The van der Waals surface area contributed by atoms with Crippen LogP contribution in [0.4, 0.5) is 0 Å². The average Bonchev–Trinajstić information content (AvgIpc) is 3.21. The molecule has 0 spiro atoms. The van der Waals surface area contributed by atoms with Crippen molar-refractivity contribution in [1.82, 2.24) is 20.0 Å². The molecule has 1 aromatic carbocycles. The normalized spacial score (nSPS) is 11.1. The average molecular weight is 403 g/mol. The predicted octanol–water partition coefficient (Wildman–Crippen LogP) is 3.35. The van der Waals surface area contributed by atoms with Crippen LogP contribution in [0, 0.1) is 13.8 Å². The van der Waals surface area contributed by atoms with E-state index in [4.69, 9.17) is 25.5 Å². The lowest BCUT2D eigenvalue weighted by Crippen LogP contribution is -2.02. The second-order valence-corrected chi connectivity index (χ2v) is 6.31. The van der Waals surface area contributed by atoms with E-state index in [9.17, 15) is 4.79 Å². The number of halogens is 1. The molecule has 0 aliphatic carbocycles. The zero-order chi connectivity index (χ0) is 20.1. The van der Waals surface area contributed by atoms with Gasteiger partial charge in [0.15, 0.2) is 6.61 Å². The maximum Gasteiger partial charge on any atom is 0.331 e. The molecule has 0 aliphatic rings. The Bertz CT molecular complexity index is 1010. The minimum absolute atomic E-state index is 0.0914. The summed E-state index contributed by atoms with van der Waals surface area (Å²) >= 11 is 6.44. The summed E-state index contributed by atoms with van der Waals surface area (Å²) in [6.45, 7) is 3.86. The van der Waals surface area contributed by atoms with Crippen molar-refractivity contribution in [3.8, 4) is 5.75 Å². The van der Waals surface area contributed by atoms with Gasteiger partial charge in [-0.25, -0.2) is 9.48 Å². The smallest absolute Gasteiger partial charge is 0.331 e. The summed E-state index contributed by atoms with van der Waals surface area (Å²) in [6.07, 6.45) is 2.86. The largest absolute Gasteiger partial charge is 0.497 e. The number of aryl methyl sites for hydroxylation is 2. The first-order valence-electron chi connectivity index (χ1n) is 8.46. The maximum absolute atomic E-state index is 11.9. The minimum Gasteiger partial charge on any atom is -0.497 e. The van der Waals surface area contributed by atoms with Crippen LogP contribution in [0.3, 0.4) is 0 Å². The van der Waals surface area contributed by atoms with Crippen LogP contribution in [-0.2, 0) is 22.7 Å². The van der Waals surface area contributed by atoms with E-state index in [1.54, 1.807) is 24.8 Å². The Balaban J connectivity index is 1.67. The van der Waals surface area contributed by atoms with E-state index >= 15 is 0 Å². The van der Waals surface area contributed by atoms with E-state index in [1.165, 1.54) is 6.08 Å². The van der Waals surface area contributed by atoms with E-state index in [0.29, 0.717) is 28.8 Å². The quantitative estimate of drug-likeness (QED) is 0.442. The molecule has 0 fully saturated rings. The molecule has 2 aromatic heterocycles. The van der Waals surface area contributed by atoms with Crippen molar-refractivity contribution in [3.63, 3.8) is 0 Å². The fourth-order valence-corrected chi connectivity index (χ4v) is 2.83. The Morgan fingerprint density at radius 1 is 1.32 bits per heavy atom. The number of hydrogen-bond acceptors (Lipinski definition) is 7. The summed E-state index contributed by atoms with van der Waals surface area (Å²) in [5.74, 6) is 0.857. The van der Waals surface area contributed by atoms with Crippen molar-refractivity contribution in [3.05, 3.63) is 64.1 Å². The van der Waals surface area contributed by atoms with Crippen LogP contribution in [-0.4, -0.2) is 33.1 Å². The molecule has 0 bridgehead atoms. The summed E-state index contributed by atoms with van der Waals surface area (Å²) in [7, 11) is 1.62. The van der Waals surface area contributed by atoms with Crippen LogP contribution in [0.1, 0.15) is 28.6 Å². The van der Waals surface area contributed by atoms with Crippen molar-refractivity contribution in [2.75, 3.05) is 7.11 Å². The van der Waals surface area contributed by atoms with Crippen LogP contribution in [0.15, 0.2) is 34.8 Å². The second kappa shape index (κ2) is 8.71. The highest BCUT2D eigenvalue weighted by molar-refractivity contribution is 6.31. The molecule has 0 amide bonds. The number of hydrogen-bond donors (Lipinski definition) is 0. The fraction of sp³-hybridized carbons (Fsp3) is 0.263. The van der Waals surface area contributed by atoms with E-state index in [2.05, 4.69) is 15.3 Å². The molecule has 0 saturated heterocycles. The molecule has 3 aromatic rings. The van der Waals surface area contributed by atoms with Gasteiger partial charge < -0.3 is 13.9 Å². The Kier molecular flexibility index (Phi) is 6.10. The van der Waals surface area contributed by atoms with Crippen molar-refractivity contribution in [2.45, 2.75) is 27.0 Å². The summed E-state index contributed by atoms with van der Waals surface area (Å²) < 4.78 is 17.1. The van der Waals surface area contributed by atoms with E-state index in [1.807, 2.05) is 31.2 Å². The first-order chi connectivity index (χ1) is 13.5.